The quantitative estimate of drug-likeness (QED) is 0.860. The van der Waals surface area contributed by atoms with E-state index in [2.05, 4.69) is 15.9 Å². The van der Waals surface area contributed by atoms with Crippen LogP contribution in [0.3, 0.4) is 0 Å². The Bertz CT molecular complexity index is 647. The van der Waals surface area contributed by atoms with Gasteiger partial charge in [0.1, 0.15) is 3.81 Å². The zero-order valence-electron chi connectivity index (χ0n) is 9.45. The van der Waals surface area contributed by atoms with Crippen molar-refractivity contribution in [2.75, 3.05) is 0 Å². The van der Waals surface area contributed by atoms with Crippen molar-refractivity contribution in [3.05, 3.63) is 70.0 Å². The molecule has 0 unspecified atom stereocenters. The van der Waals surface area contributed by atoms with Crippen LogP contribution in [0.1, 0.15) is 5.56 Å². The zero-order valence-corrected chi connectivity index (χ0v) is 11.9. The summed E-state index contributed by atoms with van der Waals surface area (Å²) in [4.78, 5) is 0.282. The third-order valence-electron chi connectivity index (χ3n) is 2.39. The minimum absolute atomic E-state index is 0.160. The molecule has 0 spiro atoms. The van der Waals surface area contributed by atoms with Crippen LogP contribution in [0, 0.1) is 0 Å². The highest BCUT2D eigenvalue weighted by atomic mass is 79.9. The lowest BCUT2D eigenvalue weighted by Gasteiger charge is -2.03. The number of halogens is 1. The van der Waals surface area contributed by atoms with Gasteiger partial charge in [0.25, 0.3) is 0 Å². The van der Waals surface area contributed by atoms with Crippen LogP contribution in [-0.4, -0.2) is 8.42 Å². The molecule has 0 fully saturated rings. The van der Waals surface area contributed by atoms with Crippen molar-refractivity contribution in [1.29, 1.82) is 0 Å². The highest BCUT2D eigenvalue weighted by Gasteiger charge is 2.17. The second kappa shape index (κ2) is 5.50. The minimum Gasteiger partial charge on any atom is -0.218 e. The van der Waals surface area contributed by atoms with E-state index in [0.29, 0.717) is 0 Å². The number of hydrogen-bond acceptors (Lipinski definition) is 2. The van der Waals surface area contributed by atoms with Gasteiger partial charge in [-0.25, -0.2) is 8.42 Å². The average Bonchev–Trinajstić information content (AvgIpc) is 2.41. The predicted molar refractivity (Wildman–Crippen MR) is 77.0 cm³/mol. The maximum absolute atomic E-state index is 12.2. The van der Waals surface area contributed by atoms with Gasteiger partial charge in [-0.05, 0) is 39.7 Å². The molecule has 92 valence electrons. The van der Waals surface area contributed by atoms with E-state index in [1.165, 1.54) is 0 Å². The molecule has 4 heteroatoms. The summed E-state index contributed by atoms with van der Waals surface area (Å²) in [6.45, 7) is 0. The Morgan fingerprint density at radius 2 is 1.39 bits per heavy atom. The Hall–Kier alpha value is -1.39. The second-order valence-electron chi connectivity index (χ2n) is 3.68. The predicted octanol–water partition coefficient (Wildman–Crippen LogP) is 3.85. The summed E-state index contributed by atoms with van der Waals surface area (Å²) in [5.41, 5.74) is 0.837. The van der Waals surface area contributed by atoms with Crippen molar-refractivity contribution < 1.29 is 8.42 Å². The molecule has 2 rings (SSSR count). The van der Waals surface area contributed by atoms with Crippen molar-refractivity contribution in [3.63, 3.8) is 0 Å². The van der Waals surface area contributed by atoms with Crippen molar-refractivity contribution in [3.8, 4) is 0 Å². The smallest absolute Gasteiger partial charge is 0.213 e. The van der Waals surface area contributed by atoms with Gasteiger partial charge in [0.05, 0.1) is 4.90 Å². The van der Waals surface area contributed by atoms with Crippen LogP contribution < -0.4 is 0 Å². The van der Waals surface area contributed by atoms with Gasteiger partial charge in [-0.1, -0.05) is 48.5 Å². The van der Waals surface area contributed by atoms with Crippen molar-refractivity contribution in [2.45, 2.75) is 4.90 Å². The van der Waals surface area contributed by atoms with E-state index in [1.807, 2.05) is 30.3 Å². The van der Waals surface area contributed by atoms with Gasteiger partial charge in [-0.2, -0.15) is 0 Å². The van der Waals surface area contributed by atoms with Gasteiger partial charge in [0, 0.05) is 0 Å². The van der Waals surface area contributed by atoms with Gasteiger partial charge >= 0.3 is 0 Å². The molecule has 0 atom stereocenters. The molecule has 2 aromatic rings. The van der Waals surface area contributed by atoms with E-state index in [9.17, 15) is 8.42 Å². The largest absolute Gasteiger partial charge is 0.218 e. The van der Waals surface area contributed by atoms with Gasteiger partial charge in [0.2, 0.25) is 9.84 Å². The maximum Gasteiger partial charge on any atom is 0.213 e. The third-order valence-corrected chi connectivity index (χ3v) is 5.42. The fraction of sp³-hybridized carbons (Fsp3) is 0. The zero-order chi connectivity index (χ0) is 13.0. The summed E-state index contributed by atoms with van der Waals surface area (Å²) in [6, 6.07) is 17.7. The second-order valence-corrected chi connectivity index (χ2v) is 6.97. The van der Waals surface area contributed by atoms with Crippen LogP contribution >= 0.6 is 15.9 Å². The summed E-state index contributed by atoms with van der Waals surface area (Å²) in [5.74, 6) is 0. The van der Waals surface area contributed by atoms with Crippen LogP contribution in [0.5, 0.6) is 0 Å². The molecule has 0 heterocycles. The van der Waals surface area contributed by atoms with E-state index in [4.69, 9.17) is 0 Å². The molecule has 0 amide bonds. The lowest BCUT2D eigenvalue weighted by molar-refractivity contribution is 0.604. The molecule has 0 aliphatic heterocycles. The first-order valence-corrected chi connectivity index (χ1v) is 7.61. The maximum atomic E-state index is 12.2. The fourth-order valence-electron chi connectivity index (χ4n) is 1.47. The standard InChI is InChI=1S/C14H11BrO2S/c15-14(11-12-7-3-1-4-8-12)18(16,17)13-9-5-2-6-10-13/h1-11H/b14-11+. The summed E-state index contributed by atoms with van der Waals surface area (Å²) >= 11 is 3.15. The lowest BCUT2D eigenvalue weighted by Crippen LogP contribution is -1.99. The molecule has 2 aromatic carbocycles. The third kappa shape index (κ3) is 2.89. The average molecular weight is 323 g/mol. The molecule has 2 nitrogen and oxygen atoms in total. The molecular weight excluding hydrogens is 312 g/mol. The van der Waals surface area contributed by atoms with E-state index in [0.717, 1.165) is 5.56 Å². The number of hydrogen-bond donors (Lipinski definition) is 0. The van der Waals surface area contributed by atoms with Crippen molar-refractivity contribution >= 4 is 31.8 Å². The Morgan fingerprint density at radius 3 is 1.94 bits per heavy atom. The molecule has 0 aliphatic rings. The van der Waals surface area contributed by atoms with Crippen LogP contribution in [0.2, 0.25) is 0 Å². The summed E-state index contributed by atoms with van der Waals surface area (Å²) in [6.07, 6.45) is 1.60. The Balaban J connectivity index is 2.40. The Kier molecular flexibility index (Phi) is 3.99. The molecule has 0 aliphatic carbocycles. The SMILES string of the molecule is O=S(=O)(/C(Br)=C/c1ccccc1)c1ccccc1. The Morgan fingerprint density at radius 1 is 0.889 bits per heavy atom. The monoisotopic (exact) mass is 322 g/mol. The Labute approximate surface area is 115 Å². The molecule has 0 N–H and O–H groups in total. The van der Waals surface area contributed by atoms with Crippen molar-refractivity contribution in [1.82, 2.24) is 0 Å². The first-order chi connectivity index (χ1) is 8.60. The van der Waals surface area contributed by atoms with Crippen LogP contribution in [0.4, 0.5) is 0 Å². The van der Waals surface area contributed by atoms with E-state index in [1.54, 1.807) is 36.4 Å². The summed E-state index contributed by atoms with van der Waals surface area (Å²) < 4.78 is 24.6. The normalized spacial score (nSPS) is 12.4. The van der Waals surface area contributed by atoms with Crippen molar-refractivity contribution in [2.24, 2.45) is 0 Å². The van der Waals surface area contributed by atoms with Crippen LogP contribution in [0.25, 0.3) is 6.08 Å². The summed E-state index contributed by atoms with van der Waals surface area (Å²) in [5, 5.41) is 0. The first kappa shape index (κ1) is 13.1. The van der Waals surface area contributed by atoms with Gasteiger partial charge in [-0.3, -0.25) is 0 Å². The highest BCUT2D eigenvalue weighted by Crippen LogP contribution is 2.25. The highest BCUT2D eigenvalue weighted by molar-refractivity contribution is 9.13. The number of rotatable bonds is 3. The topological polar surface area (TPSA) is 34.1 Å². The molecule has 0 saturated heterocycles. The fourth-order valence-corrected chi connectivity index (χ4v) is 3.33. The minimum atomic E-state index is -3.46. The van der Waals surface area contributed by atoms with E-state index < -0.39 is 9.84 Å². The van der Waals surface area contributed by atoms with Gasteiger partial charge < -0.3 is 0 Å². The molecule has 0 bridgehead atoms. The van der Waals surface area contributed by atoms with E-state index >= 15 is 0 Å². The number of benzene rings is 2. The molecule has 18 heavy (non-hydrogen) atoms. The molecule has 0 saturated carbocycles. The first-order valence-electron chi connectivity index (χ1n) is 5.33. The van der Waals surface area contributed by atoms with Crippen LogP contribution in [-0.2, 0) is 9.84 Å². The molecular formula is C14H11BrO2S. The van der Waals surface area contributed by atoms with Gasteiger partial charge in [0.15, 0.2) is 0 Å². The molecule has 0 radical (unpaired) electrons. The lowest BCUT2D eigenvalue weighted by atomic mass is 10.2. The van der Waals surface area contributed by atoms with Gasteiger partial charge in [-0.15, -0.1) is 0 Å². The molecule has 0 aromatic heterocycles. The van der Waals surface area contributed by atoms with Crippen LogP contribution in [0.15, 0.2) is 69.4 Å². The number of sulfone groups is 1. The summed E-state index contributed by atoms with van der Waals surface area (Å²) in [7, 11) is -3.46. The van der Waals surface area contributed by atoms with E-state index in [-0.39, 0.29) is 8.71 Å².